The molecule has 0 aromatic heterocycles. The third-order valence-corrected chi connectivity index (χ3v) is 4.83. The molecule has 3 rings (SSSR count). The van der Waals surface area contributed by atoms with Crippen LogP contribution in [0, 0.1) is 5.92 Å². The minimum absolute atomic E-state index is 0.611. The van der Waals surface area contributed by atoms with Gasteiger partial charge in [0.05, 0.1) is 13.2 Å². The van der Waals surface area contributed by atoms with Gasteiger partial charge in [-0.1, -0.05) is 24.3 Å². The summed E-state index contributed by atoms with van der Waals surface area (Å²) >= 11 is 0. The Kier molecular flexibility index (Phi) is 6.34. The molecule has 25 heavy (non-hydrogen) atoms. The number of aliphatic imine (C=N–C) groups is 1. The lowest BCUT2D eigenvalue weighted by Gasteiger charge is -2.22. The minimum atomic E-state index is 0.611. The van der Waals surface area contributed by atoms with E-state index in [1.807, 2.05) is 0 Å². The lowest BCUT2D eigenvalue weighted by molar-refractivity contribution is 0.157. The van der Waals surface area contributed by atoms with E-state index in [2.05, 4.69) is 58.5 Å². The van der Waals surface area contributed by atoms with E-state index in [1.54, 1.807) is 7.11 Å². The SMILES string of the molecule is CCNC(=NCc1cccc(N2CC=CC2)c1)N1CCC(COC)C1. The maximum atomic E-state index is 5.31. The third kappa shape index (κ3) is 4.75. The lowest BCUT2D eigenvalue weighted by Crippen LogP contribution is -2.40. The fraction of sp³-hybridized carbons (Fsp3) is 0.550. The number of nitrogens with zero attached hydrogens (tertiary/aromatic N) is 3. The first-order chi connectivity index (χ1) is 12.3. The van der Waals surface area contributed by atoms with E-state index in [4.69, 9.17) is 9.73 Å². The summed E-state index contributed by atoms with van der Waals surface area (Å²) in [6, 6.07) is 8.74. The van der Waals surface area contributed by atoms with Crippen molar-refractivity contribution in [1.82, 2.24) is 10.2 Å². The second kappa shape index (κ2) is 8.90. The Morgan fingerprint density at radius 3 is 2.92 bits per heavy atom. The van der Waals surface area contributed by atoms with Gasteiger partial charge in [0, 0.05) is 51.4 Å². The van der Waals surface area contributed by atoms with Gasteiger partial charge in [0.15, 0.2) is 5.96 Å². The van der Waals surface area contributed by atoms with Crippen molar-refractivity contribution in [3.8, 4) is 0 Å². The van der Waals surface area contributed by atoms with Crippen LogP contribution in [0.25, 0.3) is 0 Å². The zero-order chi connectivity index (χ0) is 17.5. The molecule has 0 saturated carbocycles. The van der Waals surface area contributed by atoms with Gasteiger partial charge in [-0.25, -0.2) is 4.99 Å². The van der Waals surface area contributed by atoms with Crippen molar-refractivity contribution in [2.45, 2.75) is 19.9 Å². The molecule has 0 radical (unpaired) electrons. The molecule has 5 heteroatoms. The van der Waals surface area contributed by atoms with Gasteiger partial charge in [-0.05, 0) is 31.0 Å². The van der Waals surface area contributed by atoms with Crippen molar-refractivity contribution in [3.63, 3.8) is 0 Å². The van der Waals surface area contributed by atoms with Crippen LogP contribution in [-0.4, -0.2) is 57.3 Å². The number of benzene rings is 1. The first-order valence-electron chi connectivity index (χ1n) is 9.31. The highest BCUT2D eigenvalue weighted by molar-refractivity contribution is 5.80. The summed E-state index contributed by atoms with van der Waals surface area (Å²) in [4.78, 5) is 9.62. The Hall–Kier alpha value is -2.01. The van der Waals surface area contributed by atoms with Crippen molar-refractivity contribution in [3.05, 3.63) is 42.0 Å². The Morgan fingerprint density at radius 2 is 2.16 bits per heavy atom. The molecule has 0 amide bonds. The number of likely N-dealkylation sites (tertiary alicyclic amines) is 1. The summed E-state index contributed by atoms with van der Waals surface area (Å²) in [5, 5.41) is 3.44. The highest BCUT2D eigenvalue weighted by Gasteiger charge is 2.24. The minimum Gasteiger partial charge on any atom is -0.384 e. The van der Waals surface area contributed by atoms with E-state index in [9.17, 15) is 0 Å². The Bertz CT molecular complexity index is 605. The Labute approximate surface area is 151 Å². The molecule has 1 fully saturated rings. The molecule has 0 bridgehead atoms. The predicted octanol–water partition coefficient (Wildman–Crippen LogP) is 2.50. The van der Waals surface area contributed by atoms with E-state index >= 15 is 0 Å². The molecule has 2 heterocycles. The fourth-order valence-corrected chi connectivity index (χ4v) is 3.53. The van der Waals surface area contributed by atoms with Crippen LogP contribution in [-0.2, 0) is 11.3 Å². The van der Waals surface area contributed by atoms with E-state index in [-0.39, 0.29) is 0 Å². The van der Waals surface area contributed by atoms with Crippen LogP contribution in [0.4, 0.5) is 5.69 Å². The summed E-state index contributed by atoms with van der Waals surface area (Å²) in [7, 11) is 1.78. The van der Waals surface area contributed by atoms with Crippen LogP contribution in [0.2, 0.25) is 0 Å². The molecule has 0 spiro atoms. The van der Waals surface area contributed by atoms with E-state index in [0.717, 1.165) is 45.3 Å². The van der Waals surface area contributed by atoms with Crippen LogP contribution in [0.5, 0.6) is 0 Å². The van der Waals surface area contributed by atoms with Crippen LogP contribution >= 0.6 is 0 Å². The van der Waals surface area contributed by atoms with Crippen molar-refractivity contribution >= 4 is 11.6 Å². The number of hydrogen-bond acceptors (Lipinski definition) is 3. The largest absolute Gasteiger partial charge is 0.384 e. The number of nitrogens with one attached hydrogen (secondary N) is 1. The average Bonchev–Trinajstić information content (AvgIpc) is 3.31. The van der Waals surface area contributed by atoms with Gasteiger partial charge in [-0.15, -0.1) is 0 Å². The third-order valence-electron chi connectivity index (χ3n) is 4.83. The number of hydrogen-bond donors (Lipinski definition) is 1. The fourth-order valence-electron chi connectivity index (χ4n) is 3.53. The zero-order valence-corrected chi connectivity index (χ0v) is 15.4. The zero-order valence-electron chi connectivity index (χ0n) is 15.4. The highest BCUT2D eigenvalue weighted by Crippen LogP contribution is 2.20. The topological polar surface area (TPSA) is 40.1 Å². The van der Waals surface area contributed by atoms with Gasteiger partial charge in [-0.2, -0.15) is 0 Å². The molecule has 2 aliphatic rings. The molecule has 1 aromatic carbocycles. The van der Waals surface area contributed by atoms with Gasteiger partial charge in [0.25, 0.3) is 0 Å². The van der Waals surface area contributed by atoms with Crippen LogP contribution in [0.3, 0.4) is 0 Å². The maximum absolute atomic E-state index is 5.31. The summed E-state index contributed by atoms with van der Waals surface area (Å²) in [5.41, 5.74) is 2.54. The Morgan fingerprint density at radius 1 is 1.32 bits per heavy atom. The normalized spacial score (nSPS) is 20.6. The molecule has 0 aliphatic carbocycles. The van der Waals surface area contributed by atoms with E-state index in [0.29, 0.717) is 12.5 Å². The summed E-state index contributed by atoms with van der Waals surface area (Å²) in [6.45, 7) is 8.65. The average molecular weight is 342 g/mol. The number of methoxy groups -OCH3 is 1. The van der Waals surface area contributed by atoms with Gasteiger partial charge < -0.3 is 19.9 Å². The van der Waals surface area contributed by atoms with Crippen LogP contribution in [0.1, 0.15) is 18.9 Å². The van der Waals surface area contributed by atoms with E-state index in [1.165, 1.54) is 17.7 Å². The molecule has 1 N–H and O–H groups in total. The highest BCUT2D eigenvalue weighted by atomic mass is 16.5. The van der Waals surface area contributed by atoms with Crippen LogP contribution < -0.4 is 10.2 Å². The van der Waals surface area contributed by atoms with Crippen LogP contribution in [0.15, 0.2) is 41.4 Å². The number of ether oxygens (including phenoxy) is 1. The molecular weight excluding hydrogens is 312 g/mol. The molecule has 1 saturated heterocycles. The number of guanidine groups is 1. The molecule has 1 unspecified atom stereocenters. The molecule has 5 nitrogen and oxygen atoms in total. The first-order valence-corrected chi connectivity index (χ1v) is 9.31. The summed E-state index contributed by atoms with van der Waals surface area (Å²) in [5.74, 6) is 1.63. The predicted molar refractivity (Wildman–Crippen MR) is 104 cm³/mol. The van der Waals surface area contributed by atoms with Crippen molar-refractivity contribution < 1.29 is 4.74 Å². The maximum Gasteiger partial charge on any atom is 0.194 e. The van der Waals surface area contributed by atoms with Gasteiger partial charge in [-0.3, -0.25) is 0 Å². The summed E-state index contributed by atoms with van der Waals surface area (Å²) in [6.07, 6.45) is 5.62. The first kappa shape index (κ1) is 17.8. The molecule has 136 valence electrons. The summed E-state index contributed by atoms with van der Waals surface area (Å²) < 4.78 is 5.31. The van der Waals surface area contributed by atoms with Gasteiger partial charge in [0.1, 0.15) is 0 Å². The quantitative estimate of drug-likeness (QED) is 0.490. The number of rotatable bonds is 6. The van der Waals surface area contributed by atoms with E-state index < -0.39 is 0 Å². The van der Waals surface area contributed by atoms with Crippen molar-refractivity contribution in [2.75, 3.05) is 51.3 Å². The van der Waals surface area contributed by atoms with Gasteiger partial charge in [0.2, 0.25) is 0 Å². The standard InChI is InChI=1S/C20H30N4O/c1-3-21-20(24-12-9-18(15-24)16-25-2)22-14-17-7-6-8-19(13-17)23-10-4-5-11-23/h4-8,13,18H,3,9-12,14-16H2,1-2H3,(H,21,22). The molecule has 1 aromatic rings. The monoisotopic (exact) mass is 342 g/mol. The van der Waals surface area contributed by atoms with Crippen molar-refractivity contribution in [1.29, 1.82) is 0 Å². The lowest BCUT2D eigenvalue weighted by atomic mass is 10.1. The Balaban J connectivity index is 1.64. The van der Waals surface area contributed by atoms with Crippen molar-refractivity contribution in [2.24, 2.45) is 10.9 Å². The molecular formula is C20H30N4O. The number of anilines is 1. The second-order valence-electron chi connectivity index (χ2n) is 6.77. The molecule has 1 atom stereocenters. The molecule has 2 aliphatic heterocycles. The second-order valence-corrected chi connectivity index (χ2v) is 6.77. The van der Waals surface area contributed by atoms with Gasteiger partial charge >= 0.3 is 0 Å². The smallest absolute Gasteiger partial charge is 0.194 e.